The van der Waals surface area contributed by atoms with Crippen LogP contribution >= 0.6 is 11.6 Å². The summed E-state index contributed by atoms with van der Waals surface area (Å²) in [6.07, 6.45) is -1.28. The van der Waals surface area contributed by atoms with Gasteiger partial charge >= 0.3 is 12.1 Å². The Hall–Kier alpha value is -3.02. The van der Waals surface area contributed by atoms with Gasteiger partial charge in [0.05, 0.1) is 6.04 Å². The minimum atomic E-state index is -4.52. The third kappa shape index (κ3) is 7.29. The largest absolute Gasteiger partial charge is 0.477 e. The summed E-state index contributed by atoms with van der Waals surface area (Å²) in [5.41, 5.74) is 6.26. The van der Waals surface area contributed by atoms with Crippen LogP contribution < -0.4 is 15.8 Å². The summed E-state index contributed by atoms with van der Waals surface area (Å²) in [5.74, 6) is -1.22. The van der Waals surface area contributed by atoms with Gasteiger partial charge in [0.15, 0.2) is 18.9 Å². The van der Waals surface area contributed by atoms with Crippen LogP contribution in [-0.2, 0) is 4.79 Å². The first-order valence-electron chi connectivity index (χ1n) is 9.55. The first kappa shape index (κ1) is 25.2. The number of rotatable bonds is 8. The maximum absolute atomic E-state index is 12.4. The van der Waals surface area contributed by atoms with E-state index in [2.05, 4.69) is 25.0 Å². The highest BCUT2D eigenvalue weighted by Crippen LogP contribution is 2.30. The lowest BCUT2D eigenvalue weighted by atomic mass is 10.1. The normalized spacial score (nSPS) is 17.9. The lowest BCUT2D eigenvalue weighted by Gasteiger charge is -2.36. The van der Waals surface area contributed by atoms with E-state index in [1.165, 1.54) is 24.5 Å². The number of carboxylic acid groups (broad SMARTS) is 1. The number of hydrogen-bond donors (Lipinski definition) is 3. The Morgan fingerprint density at radius 1 is 1.44 bits per heavy atom. The molecule has 1 aromatic rings. The lowest BCUT2D eigenvalue weighted by molar-refractivity contribution is -0.154. The minimum Gasteiger partial charge on any atom is -0.477 e. The maximum atomic E-state index is 12.4. The van der Waals surface area contributed by atoms with E-state index in [9.17, 15) is 23.1 Å². The van der Waals surface area contributed by atoms with Crippen molar-refractivity contribution >= 4 is 29.2 Å². The highest BCUT2D eigenvalue weighted by Gasteiger charge is 2.30. The Bertz CT molecular complexity index is 920. The summed E-state index contributed by atoms with van der Waals surface area (Å²) in [6, 6.07) is 0.949. The summed E-state index contributed by atoms with van der Waals surface area (Å²) >= 11 is 6.05. The first-order chi connectivity index (χ1) is 14.9. The van der Waals surface area contributed by atoms with E-state index in [0.717, 1.165) is 0 Å². The average molecular weight is 477 g/mol. The number of aliphatic imine (C=N–C) groups is 2. The van der Waals surface area contributed by atoms with Crippen LogP contribution in [0, 0.1) is 5.92 Å². The molecule has 9 nitrogen and oxygen atoms in total. The molecule has 0 saturated heterocycles. The van der Waals surface area contributed by atoms with Crippen LogP contribution in [0.25, 0.3) is 0 Å². The van der Waals surface area contributed by atoms with Gasteiger partial charge in [-0.3, -0.25) is 4.99 Å². The van der Waals surface area contributed by atoms with Crippen LogP contribution in [0.3, 0.4) is 0 Å². The van der Waals surface area contributed by atoms with E-state index in [1.807, 2.05) is 13.8 Å². The van der Waals surface area contributed by atoms with Crippen molar-refractivity contribution < 1.29 is 27.8 Å². The van der Waals surface area contributed by atoms with Crippen molar-refractivity contribution in [2.24, 2.45) is 21.6 Å². The number of hydrogen-bond acceptors (Lipinski definition) is 6. The second-order valence-electron chi connectivity index (χ2n) is 7.36. The molecule has 2 atom stereocenters. The van der Waals surface area contributed by atoms with Crippen molar-refractivity contribution in [3.63, 3.8) is 0 Å². The number of nitrogens with one attached hydrogen (secondary N) is 1. The summed E-state index contributed by atoms with van der Waals surface area (Å²) in [4.78, 5) is 25.2. The van der Waals surface area contributed by atoms with Crippen LogP contribution in [0.4, 0.5) is 13.2 Å². The standard InChI is InChI=1S/C19H24ClF3N6O3/c1-10(2)7-26-17(24)28-18-27-14(16(30)31)4-5-29(18)11(3)12-6-13(20)15(25-8-12)32-9-19(21,22)23/h4-6,8,10-11,18H,7,9H2,1-3H3,(H,30,31)(H3,24,26,28). The van der Waals surface area contributed by atoms with Gasteiger partial charge in [0.1, 0.15) is 10.7 Å². The molecule has 2 unspecified atom stereocenters. The SMILES string of the molecule is CC(C)CN=C(N)NC1N=C(C(=O)O)C=CN1C(C)c1cnc(OCC(F)(F)F)c(Cl)c1. The lowest BCUT2D eigenvalue weighted by Crippen LogP contribution is -2.50. The number of ether oxygens (including phenoxy) is 1. The molecule has 0 bridgehead atoms. The molecule has 1 aromatic heterocycles. The van der Waals surface area contributed by atoms with Crippen molar-refractivity contribution in [1.29, 1.82) is 0 Å². The number of alkyl halides is 3. The number of guanidine groups is 1. The van der Waals surface area contributed by atoms with Gasteiger partial charge in [-0.25, -0.2) is 14.8 Å². The molecule has 0 fully saturated rings. The second-order valence-corrected chi connectivity index (χ2v) is 7.76. The van der Waals surface area contributed by atoms with Gasteiger partial charge in [0.25, 0.3) is 0 Å². The van der Waals surface area contributed by atoms with Gasteiger partial charge in [0.2, 0.25) is 5.88 Å². The van der Waals surface area contributed by atoms with Gasteiger partial charge < -0.3 is 25.8 Å². The van der Waals surface area contributed by atoms with Gasteiger partial charge in [-0.2, -0.15) is 13.2 Å². The molecule has 2 rings (SSSR count). The zero-order valence-electron chi connectivity index (χ0n) is 17.6. The number of carbonyl (C=O) groups is 1. The van der Waals surface area contributed by atoms with Crippen molar-refractivity contribution in [3.05, 3.63) is 35.1 Å². The smallest absolute Gasteiger partial charge is 0.422 e. The molecule has 1 aliphatic rings. The third-order valence-corrected chi connectivity index (χ3v) is 4.47. The summed E-state index contributed by atoms with van der Waals surface area (Å²) in [5, 5.41) is 12.0. The molecule has 1 aliphatic heterocycles. The van der Waals surface area contributed by atoms with E-state index in [-0.39, 0.29) is 28.5 Å². The number of aliphatic carboxylic acids is 1. The topological polar surface area (TPSA) is 125 Å². The molecule has 0 saturated carbocycles. The molecular formula is C19H24ClF3N6O3. The number of pyridine rings is 1. The maximum Gasteiger partial charge on any atom is 0.422 e. The number of carboxylic acids is 1. The summed E-state index contributed by atoms with van der Waals surface area (Å²) < 4.78 is 41.7. The van der Waals surface area contributed by atoms with E-state index < -0.39 is 31.1 Å². The monoisotopic (exact) mass is 476 g/mol. The molecule has 0 spiro atoms. The Kier molecular flexibility index (Phi) is 8.31. The fourth-order valence-corrected chi connectivity index (χ4v) is 2.84. The molecule has 0 aromatic carbocycles. The predicted molar refractivity (Wildman–Crippen MR) is 114 cm³/mol. The van der Waals surface area contributed by atoms with E-state index >= 15 is 0 Å². The highest BCUT2D eigenvalue weighted by molar-refractivity contribution is 6.40. The van der Waals surface area contributed by atoms with Crippen LogP contribution in [0.5, 0.6) is 5.88 Å². The number of halogens is 4. The molecule has 0 amide bonds. The van der Waals surface area contributed by atoms with Gasteiger partial charge in [0, 0.05) is 18.9 Å². The average Bonchev–Trinajstić information content (AvgIpc) is 2.70. The molecule has 176 valence electrons. The van der Waals surface area contributed by atoms with Crippen LogP contribution in [0.1, 0.15) is 32.4 Å². The quantitative estimate of drug-likeness (QED) is 0.389. The van der Waals surface area contributed by atoms with Gasteiger partial charge in [-0.1, -0.05) is 25.4 Å². The minimum absolute atomic E-state index is 0.0803. The summed E-state index contributed by atoms with van der Waals surface area (Å²) in [6.45, 7) is 4.63. The van der Waals surface area contributed by atoms with Crippen molar-refractivity contribution in [1.82, 2.24) is 15.2 Å². The number of aromatic nitrogens is 1. The van der Waals surface area contributed by atoms with Gasteiger partial charge in [-0.05, 0) is 30.5 Å². The second kappa shape index (κ2) is 10.5. The molecule has 2 heterocycles. The van der Waals surface area contributed by atoms with Gasteiger partial charge in [-0.15, -0.1) is 0 Å². The Morgan fingerprint density at radius 2 is 2.12 bits per heavy atom. The Labute approximate surface area is 187 Å². The molecule has 13 heteroatoms. The van der Waals surface area contributed by atoms with Crippen molar-refractivity contribution in [2.45, 2.75) is 39.3 Å². The molecule has 4 N–H and O–H groups in total. The number of nitrogens with two attached hydrogens (primary N) is 1. The van der Waals surface area contributed by atoms with Crippen LogP contribution in [0.15, 0.2) is 34.5 Å². The number of nitrogens with zero attached hydrogens (tertiary/aromatic N) is 4. The Morgan fingerprint density at radius 3 is 2.69 bits per heavy atom. The molecule has 0 aliphatic carbocycles. The highest BCUT2D eigenvalue weighted by atomic mass is 35.5. The molecular weight excluding hydrogens is 453 g/mol. The summed E-state index contributed by atoms with van der Waals surface area (Å²) in [7, 11) is 0. The third-order valence-electron chi connectivity index (χ3n) is 4.20. The zero-order valence-corrected chi connectivity index (χ0v) is 18.4. The van der Waals surface area contributed by atoms with E-state index in [1.54, 1.807) is 11.8 Å². The van der Waals surface area contributed by atoms with Crippen molar-refractivity contribution in [3.8, 4) is 5.88 Å². The fraction of sp³-hybridized carbons (Fsp3) is 0.474. The molecule has 0 radical (unpaired) electrons. The predicted octanol–water partition coefficient (Wildman–Crippen LogP) is 2.94. The van der Waals surface area contributed by atoms with E-state index in [4.69, 9.17) is 17.3 Å². The fourth-order valence-electron chi connectivity index (χ4n) is 2.61. The van der Waals surface area contributed by atoms with Crippen LogP contribution in [-0.4, -0.2) is 58.2 Å². The molecule has 32 heavy (non-hydrogen) atoms. The zero-order chi connectivity index (χ0) is 24.1. The Balaban J connectivity index is 2.24. The first-order valence-corrected chi connectivity index (χ1v) is 9.93. The van der Waals surface area contributed by atoms with Crippen LogP contribution in [0.2, 0.25) is 5.02 Å². The van der Waals surface area contributed by atoms with E-state index in [0.29, 0.717) is 12.1 Å². The van der Waals surface area contributed by atoms with Crippen molar-refractivity contribution in [2.75, 3.05) is 13.2 Å².